The van der Waals surface area contributed by atoms with Crippen LogP contribution in [0.4, 0.5) is 10.5 Å². The lowest BCUT2D eigenvalue weighted by Gasteiger charge is -2.33. The molecule has 1 aromatic heterocycles. The summed E-state index contributed by atoms with van der Waals surface area (Å²) in [5, 5.41) is 30.3. The maximum atomic E-state index is 13.6. The van der Waals surface area contributed by atoms with Crippen LogP contribution in [0.2, 0.25) is 0 Å². The van der Waals surface area contributed by atoms with Gasteiger partial charge in [-0.15, -0.1) is 0 Å². The van der Waals surface area contributed by atoms with Crippen LogP contribution in [0, 0.1) is 16.2 Å². The van der Waals surface area contributed by atoms with Crippen molar-refractivity contribution in [3.05, 3.63) is 101 Å². The van der Waals surface area contributed by atoms with Gasteiger partial charge in [-0.3, -0.25) is 30.4 Å². The van der Waals surface area contributed by atoms with Crippen LogP contribution >= 0.6 is 0 Å². The minimum absolute atomic E-state index is 0.238. The van der Waals surface area contributed by atoms with E-state index in [1.807, 2.05) is 89.0 Å². The zero-order chi connectivity index (χ0) is 42.0. The van der Waals surface area contributed by atoms with Crippen molar-refractivity contribution in [3.8, 4) is 5.75 Å². The fraction of sp³-hybridized carbons (Fsp3) is 0.465. The van der Waals surface area contributed by atoms with Gasteiger partial charge in [-0.05, 0) is 80.1 Å². The molecule has 14 heteroatoms. The van der Waals surface area contributed by atoms with Crippen molar-refractivity contribution in [2.24, 2.45) is 16.1 Å². The molecular formula is C43H63N9O5. The van der Waals surface area contributed by atoms with Gasteiger partial charge in [-0.25, -0.2) is 9.79 Å². The summed E-state index contributed by atoms with van der Waals surface area (Å²) in [7, 11) is 3.74. The summed E-state index contributed by atoms with van der Waals surface area (Å²) in [5.41, 5.74) is 10.8. The number of likely N-dealkylation sites (N-methyl/N-ethyl adjacent to an activating group) is 1. The number of likely N-dealkylation sites (tertiary alicyclic amines) is 1. The summed E-state index contributed by atoms with van der Waals surface area (Å²) < 4.78 is 13.3. The first-order chi connectivity index (χ1) is 27.3. The number of carbonyl (C=O) groups excluding carboxylic acids is 1. The maximum absolute atomic E-state index is 13.6. The largest absolute Gasteiger partial charge is 0.484 e. The van der Waals surface area contributed by atoms with E-state index >= 15 is 0 Å². The molecule has 2 aliphatic rings. The van der Waals surface area contributed by atoms with E-state index in [2.05, 4.69) is 21.6 Å². The van der Waals surface area contributed by atoms with Crippen LogP contribution in [0.1, 0.15) is 95.6 Å². The van der Waals surface area contributed by atoms with Crippen molar-refractivity contribution in [2.45, 2.75) is 85.4 Å². The topological polar surface area (TPSA) is 194 Å². The molecule has 14 nitrogen and oxygen atoms in total. The molecule has 1 aliphatic carbocycles. The summed E-state index contributed by atoms with van der Waals surface area (Å²) in [5.74, 6) is 1.24. The quantitative estimate of drug-likeness (QED) is 0.0725. The number of allylic oxidation sites excluding steroid dienone is 1. The molecule has 2 atom stereocenters. The molecule has 3 aromatic rings. The number of ether oxygens (including phenoxy) is 2. The third-order valence-corrected chi connectivity index (χ3v) is 9.51. The van der Waals surface area contributed by atoms with Crippen molar-refractivity contribution in [3.63, 3.8) is 0 Å². The molecule has 7 N–H and O–H groups in total. The number of aromatic nitrogens is 1. The summed E-state index contributed by atoms with van der Waals surface area (Å²) in [6.45, 7) is 13.6. The number of benzene rings is 2. The van der Waals surface area contributed by atoms with Gasteiger partial charge in [-0.1, -0.05) is 71.0 Å². The number of fused-ring (bicyclic) bond motifs is 1. The van der Waals surface area contributed by atoms with Crippen LogP contribution in [-0.4, -0.2) is 84.2 Å². The third-order valence-electron chi connectivity index (χ3n) is 9.51. The molecule has 1 saturated heterocycles. The number of amides is 2. The van der Waals surface area contributed by atoms with Crippen LogP contribution in [0.15, 0.2) is 83.6 Å². The van der Waals surface area contributed by atoms with E-state index in [-0.39, 0.29) is 35.6 Å². The van der Waals surface area contributed by atoms with Gasteiger partial charge < -0.3 is 30.5 Å². The summed E-state index contributed by atoms with van der Waals surface area (Å²) in [6, 6.07) is 18.8. The Labute approximate surface area is 337 Å². The lowest BCUT2D eigenvalue weighted by atomic mass is 9.85. The second-order valence-corrected chi connectivity index (χ2v) is 14.8. The highest BCUT2D eigenvalue weighted by atomic mass is 16.5. The summed E-state index contributed by atoms with van der Waals surface area (Å²) in [6.07, 6.45) is 7.82. The Kier molecular flexibility index (Phi) is 18.5. The van der Waals surface area contributed by atoms with Crippen molar-refractivity contribution < 1.29 is 24.2 Å². The van der Waals surface area contributed by atoms with Crippen LogP contribution < -0.4 is 26.6 Å². The third kappa shape index (κ3) is 14.2. The van der Waals surface area contributed by atoms with E-state index in [0.29, 0.717) is 48.4 Å². The number of amidine groups is 1. The van der Waals surface area contributed by atoms with Gasteiger partial charge in [0.15, 0.2) is 0 Å². The molecule has 0 saturated carbocycles. The molecule has 1 aliphatic heterocycles. The van der Waals surface area contributed by atoms with Crippen LogP contribution in [0.5, 0.6) is 5.75 Å². The van der Waals surface area contributed by atoms with E-state index in [0.717, 1.165) is 55.7 Å². The molecule has 2 amide bonds. The molecule has 310 valence electrons. The van der Waals surface area contributed by atoms with Crippen LogP contribution in [0.3, 0.4) is 0 Å². The van der Waals surface area contributed by atoms with Gasteiger partial charge in [-0.2, -0.15) is 0 Å². The standard InChI is InChI=1S/C40H55N9O3.C2H6.CH2O2/c1-40(2,3)35(41)25-37(44-29-13-11-12-28(24-29)26-47(4)22-23-51-5)46-39(50)45-33-17-18-34(32-15-8-7-14-31(32)33)52-30-16-19-36(42)49(27-30)38(43)48-20-9-6-10-21-48;1-2;2-1-3/h7-8,11-16,19,24-25,27,33-34,42-43H,6,9-10,17-18,20-23,26,41H2,1-5H3,(H2,44,45,46,50);1-2H3;1H,(H,2,3)/b35-25-,42-36?,43-38?;;. The highest BCUT2D eigenvalue weighted by Crippen LogP contribution is 2.38. The Balaban J connectivity index is 0.00000166. The number of carbonyl (C=O) groups is 2. The van der Waals surface area contributed by atoms with E-state index in [4.69, 9.17) is 40.9 Å². The van der Waals surface area contributed by atoms with Crippen molar-refractivity contribution in [1.29, 1.82) is 10.8 Å². The number of rotatable bonds is 10. The van der Waals surface area contributed by atoms with E-state index in [1.54, 1.807) is 36.1 Å². The first-order valence-electron chi connectivity index (χ1n) is 19.7. The number of urea groups is 1. The number of hydrogen-bond acceptors (Lipinski definition) is 9. The van der Waals surface area contributed by atoms with Gasteiger partial charge in [0.25, 0.3) is 6.47 Å². The molecule has 0 radical (unpaired) electrons. The number of methoxy groups -OCH3 is 1. The number of aliphatic imine (C=N–C) groups is 1. The fourth-order valence-electron chi connectivity index (χ4n) is 6.44. The average molecular weight is 786 g/mol. The molecule has 2 heterocycles. The SMILES string of the molecule is CC.COCCN(C)Cc1cccc(N=C(/C=C(\N)C(C)(C)C)NC(=O)NC2CCC(Oc3ccc(=N)n(C(=N)N4CCCCC4)c3)c3ccccc32)c1.O=CO. The highest BCUT2D eigenvalue weighted by Gasteiger charge is 2.30. The predicted octanol–water partition coefficient (Wildman–Crippen LogP) is 6.91. The number of carboxylic acid groups (broad SMARTS) is 1. The predicted molar refractivity (Wildman–Crippen MR) is 226 cm³/mol. The first-order valence-corrected chi connectivity index (χ1v) is 19.7. The van der Waals surface area contributed by atoms with Gasteiger partial charge in [0.05, 0.1) is 24.5 Å². The minimum atomic E-state index is -0.380. The molecule has 57 heavy (non-hydrogen) atoms. The number of pyridine rings is 1. The minimum Gasteiger partial charge on any atom is -0.484 e. The molecule has 0 bridgehead atoms. The zero-order valence-electron chi connectivity index (χ0n) is 34.7. The summed E-state index contributed by atoms with van der Waals surface area (Å²) in [4.78, 5) is 31.0. The lowest BCUT2D eigenvalue weighted by Crippen LogP contribution is -2.43. The Morgan fingerprint density at radius 1 is 1.05 bits per heavy atom. The fourth-order valence-corrected chi connectivity index (χ4v) is 6.44. The van der Waals surface area contributed by atoms with E-state index < -0.39 is 0 Å². The van der Waals surface area contributed by atoms with E-state index in [1.165, 1.54) is 6.42 Å². The monoisotopic (exact) mass is 785 g/mol. The Hall–Kier alpha value is -5.47. The second-order valence-electron chi connectivity index (χ2n) is 14.8. The number of hydrogen-bond donors (Lipinski definition) is 6. The number of nitrogens with two attached hydrogens (primary N) is 1. The van der Waals surface area contributed by atoms with Gasteiger partial charge in [0.2, 0.25) is 5.96 Å². The van der Waals surface area contributed by atoms with Crippen molar-refractivity contribution >= 4 is 30.0 Å². The Morgan fingerprint density at radius 3 is 2.40 bits per heavy atom. The van der Waals surface area contributed by atoms with Crippen LogP contribution in [-0.2, 0) is 16.1 Å². The maximum Gasteiger partial charge on any atom is 0.320 e. The number of nitrogens with one attached hydrogen (secondary N) is 4. The Bertz CT molecular complexity index is 1880. The summed E-state index contributed by atoms with van der Waals surface area (Å²) >= 11 is 0. The molecule has 2 unspecified atom stereocenters. The van der Waals surface area contributed by atoms with Crippen molar-refractivity contribution in [1.82, 2.24) is 25.0 Å². The van der Waals surface area contributed by atoms with Gasteiger partial charge >= 0.3 is 6.03 Å². The van der Waals surface area contributed by atoms with Crippen LogP contribution in [0.25, 0.3) is 0 Å². The first kappa shape index (κ1) is 45.9. The highest BCUT2D eigenvalue weighted by molar-refractivity contribution is 6.05. The zero-order valence-corrected chi connectivity index (χ0v) is 34.7. The van der Waals surface area contributed by atoms with Gasteiger partial charge in [0, 0.05) is 50.5 Å². The smallest absolute Gasteiger partial charge is 0.320 e. The number of piperidine rings is 1. The number of nitrogens with zero attached hydrogens (tertiary/aromatic N) is 4. The Morgan fingerprint density at radius 2 is 1.74 bits per heavy atom. The molecular weight excluding hydrogens is 723 g/mol. The molecule has 0 spiro atoms. The molecule has 1 fully saturated rings. The average Bonchev–Trinajstić information content (AvgIpc) is 3.19. The normalized spacial score (nSPS) is 16.9. The molecule has 5 rings (SSSR count). The second kappa shape index (κ2) is 22.9. The van der Waals surface area contributed by atoms with E-state index in [9.17, 15) is 4.79 Å². The van der Waals surface area contributed by atoms with Crippen molar-refractivity contribution in [2.75, 3.05) is 40.4 Å². The lowest BCUT2D eigenvalue weighted by molar-refractivity contribution is -0.122. The van der Waals surface area contributed by atoms with Gasteiger partial charge in [0.1, 0.15) is 23.2 Å². The molecule has 2 aromatic carbocycles.